The van der Waals surface area contributed by atoms with E-state index in [1.165, 1.54) is 0 Å². The van der Waals surface area contributed by atoms with Crippen molar-refractivity contribution in [1.29, 1.82) is 0 Å². The summed E-state index contributed by atoms with van der Waals surface area (Å²) >= 11 is 1.61. The highest BCUT2D eigenvalue weighted by Gasteiger charge is 2.28. The van der Waals surface area contributed by atoms with Crippen LogP contribution >= 0.6 is 11.3 Å². The number of ether oxygens (including phenoxy) is 2. The third-order valence-electron chi connectivity index (χ3n) is 4.88. The smallest absolute Gasteiger partial charge is 0.317 e. The van der Waals surface area contributed by atoms with Gasteiger partial charge in [0.25, 0.3) is 0 Å². The Morgan fingerprint density at radius 1 is 1.18 bits per heavy atom. The van der Waals surface area contributed by atoms with Gasteiger partial charge in [-0.15, -0.1) is 11.3 Å². The van der Waals surface area contributed by atoms with E-state index in [1.807, 2.05) is 17.5 Å². The minimum absolute atomic E-state index is 0.0764. The van der Waals surface area contributed by atoms with Gasteiger partial charge in [0, 0.05) is 29.7 Å². The molecule has 2 aromatic rings. The summed E-state index contributed by atoms with van der Waals surface area (Å²) in [4.78, 5) is 28.0. The van der Waals surface area contributed by atoms with Crippen molar-refractivity contribution in [2.75, 3.05) is 31.6 Å². The maximum atomic E-state index is 12.7. The van der Waals surface area contributed by atoms with Crippen LogP contribution in [0.15, 0.2) is 35.7 Å². The molecular formula is C20H23N3O4S. The highest BCUT2D eigenvalue weighted by Crippen LogP contribution is 2.33. The van der Waals surface area contributed by atoms with E-state index in [-0.39, 0.29) is 17.9 Å². The number of piperidine rings is 1. The van der Waals surface area contributed by atoms with Gasteiger partial charge in [-0.25, -0.2) is 4.79 Å². The SMILES string of the molecule is O=C(Nc1ccc2c(c1)OCCO2)C1CCCN(C(=O)NCc2cccs2)C1. The highest BCUT2D eigenvalue weighted by molar-refractivity contribution is 7.09. The molecule has 7 nitrogen and oxygen atoms in total. The van der Waals surface area contributed by atoms with Crippen molar-refractivity contribution in [3.05, 3.63) is 40.6 Å². The van der Waals surface area contributed by atoms with Gasteiger partial charge in [0.1, 0.15) is 13.2 Å². The van der Waals surface area contributed by atoms with Gasteiger partial charge in [-0.2, -0.15) is 0 Å². The van der Waals surface area contributed by atoms with Crippen LogP contribution in [0, 0.1) is 5.92 Å². The number of hydrogen-bond acceptors (Lipinski definition) is 5. The number of amides is 3. The molecule has 1 saturated heterocycles. The number of rotatable bonds is 4. The molecule has 0 saturated carbocycles. The number of nitrogens with one attached hydrogen (secondary N) is 2. The number of carbonyl (C=O) groups excluding carboxylic acids is 2. The second-order valence-electron chi connectivity index (χ2n) is 6.87. The zero-order chi connectivity index (χ0) is 19.3. The Bertz CT molecular complexity index is 840. The van der Waals surface area contributed by atoms with Crippen LogP contribution in [0.2, 0.25) is 0 Å². The lowest BCUT2D eigenvalue weighted by atomic mass is 9.97. The van der Waals surface area contributed by atoms with Crippen LogP contribution in [0.5, 0.6) is 11.5 Å². The standard InChI is InChI=1S/C20H23N3O4S/c24-19(22-15-5-6-17-18(11-15)27-9-8-26-17)14-3-1-7-23(13-14)20(25)21-12-16-4-2-10-28-16/h2,4-6,10-11,14H,1,3,7-9,12-13H2,(H,21,25)(H,22,24). The molecule has 4 rings (SSSR count). The molecule has 1 unspecified atom stereocenters. The first-order chi connectivity index (χ1) is 13.7. The number of hydrogen-bond donors (Lipinski definition) is 2. The third-order valence-corrected chi connectivity index (χ3v) is 5.76. The summed E-state index contributed by atoms with van der Waals surface area (Å²) in [5.74, 6) is 1.03. The van der Waals surface area contributed by atoms with Crippen molar-refractivity contribution in [1.82, 2.24) is 10.2 Å². The molecule has 3 amide bonds. The van der Waals surface area contributed by atoms with Gasteiger partial charge in [0.05, 0.1) is 12.5 Å². The molecular weight excluding hydrogens is 378 g/mol. The molecule has 148 valence electrons. The summed E-state index contributed by atoms with van der Waals surface area (Å²) in [5, 5.41) is 7.86. The number of thiophene rings is 1. The zero-order valence-corrected chi connectivity index (χ0v) is 16.3. The summed E-state index contributed by atoms with van der Waals surface area (Å²) < 4.78 is 11.1. The van der Waals surface area contributed by atoms with Crippen LogP contribution in [0.25, 0.3) is 0 Å². The van der Waals surface area contributed by atoms with Crippen LogP contribution < -0.4 is 20.1 Å². The molecule has 0 radical (unpaired) electrons. The van der Waals surface area contributed by atoms with Crippen molar-refractivity contribution in [3.63, 3.8) is 0 Å². The predicted molar refractivity (Wildman–Crippen MR) is 107 cm³/mol. The average Bonchev–Trinajstić information content (AvgIpc) is 3.25. The van der Waals surface area contributed by atoms with Crippen molar-refractivity contribution in [2.24, 2.45) is 5.92 Å². The third kappa shape index (κ3) is 4.39. The molecule has 1 aromatic heterocycles. The topological polar surface area (TPSA) is 79.9 Å². The number of fused-ring (bicyclic) bond motifs is 1. The molecule has 8 heteroatoms. The van der Waals surface area contributed by atoms with Gasteiger partial charge in [-0.1, -0.05) is 6.07 Å². The average molecular weight is 401 g/mol. The molecule has 2 aliphatic rings. The van der Waals surface area contributed by atoms with Crippen LogP contribution in [-0.4, -0.2) is 43.1 Å². The molecule has 1 aromatic carbocycles. The number of urea groups is 1. The van der Waals surface area contributed by atoms with E-state index in [2.05, 4.69) is 10.6 Å². The number of benzene rings is 1. The summed E-state index contributed by atoms with van der Waals surface area (Å²) in [6.07, 6.45) is 1.58. The number of nitrogens with zero attached hydrogens (tertiary/aromatic N) is 1. The van der Waals surface area contributed by atoms with Crippen molar-refractivity contribution in [2.45, 2.75) is 19.4 Å². The fraction of sp³-hybridized carbons (Fsp3) is 0.400. The summed E-state index contributed by atoms with van der Waals surface area (Å²) in [5.41, 5.74) is 0.675. The lowest BCUT2D eigenvalue weighted by Gasteiger charge is -2.32. The Kier molecular flexibility index (Phi) is 5.66. The fourth-order valence-corrected chi connectivity index (χ4v) is 4.07. The predicted octanol–water partition coefficient (Wildman–Crippen LogP) is 3.08. The second kappa shape index (κ2) is 8.52. The van der Waals surface area contributed by atoms with E-state index in [9.17, 15) is 9.59 Å². The summed E-state index contributed by atoms with van der Waals surface area (Å²) in [7, 11) is 0. The summed E-state index contributed by atoms with van der Waals surface area (Å²) in [6.45, 7) is 2.64. The first-order valence-electron chi connectivity index (χ1n) is 9.45. The van der Waals surface area contributed by atoms with Crippen LogP contribution in [0.1, 0.15) is 17.7 Å². The van der Waals surface area contributed by atoms with Gasteiger partial charge in [0.15, 0.2) is 11.5 Å². The van der Waals surface area contributed by atoms with Crippen molar-refractivity contribution in [3.8, 4) is 11.5 Å². The van der Waals surface area contributed by atoms with Crippen LogP contribution in [-0.2, 0) is 11.3 Å². The van der Waals surface area contributed by atoms with Gasteiger partial charge < -0.3 is 25.0 Å². The van der Waals surface area contributed by atoms with Crippen molar-refractivity contribution >= 4 is 29.0 Å². The van der Waals surface area contributed by atoms with Gasteiger partial charge >= 0.3 is 6.03 Å². The monoisotopic (exact) mass is 401 g/mol. The Labute approximate surface area is 167 Å². The molecule has 3 heterocycles. The summed E-state index contributed by atoms with van der Waals surface area (Å²) in [6, 6.07) is 9.22. The van der Waals surface area contributed by atoms with E-state index in [0.717, 1.165) is 17.7 Å². The fourth-order valence-electron chi connectivity index (χ4n) is 3.43. The Morgan fingerprint density at radius 2 is 2.04 bits per heavy atom. The molecule has 1 atom stereocenters. The Morgan fingerprint density at radius 3 is 2.86 bits per heavy atom. The minimum atomic E-state index is -0.227. The second-order valence-corrected chi connectivity index (χ2v) is 7.90. The Hall–Kier alpha value is -2.74. The highest BCUT2D eigenvalue weighted by atomic mass is 32.1. The molecule has 1 fully saturated rings. The van der Waals surface area contributed by atoms with E-state index in [1.54, 1.807) is 34.4 Å². The molecule has 0 aliphatic carbocycles. The molecule has 2 aliphatic heterocycles. The number of carbonyl (C=O) groups is 2. The first kappa shape index (κ1) is 18.6. The van der Waals surface area contributed by atoms with Gasteiger partial charge in [0.2, 0.25) is 5.91 Å². The largest absolute Gasteiger partial charge is 0.486 e. The maximum Gasteiger partial charge on any atom is 0.317 e. The lowest BCUT2D eigenvalue weighted by molar-refractivity contribution is -0.121. The van der Waals surface area contributed by atoms with Crippen LogP contribution in [0.4, 0.5) is 10.5 Å². The number of likely N-dealkylation sites (tertiary alicyclic amines) is 1. The van der Waals surface area contributed by atoms with Crippen LogP contribution in [0.3, 0.4) is 0 Å². The van der Waals surface area contributed by atoms with E-state index >= 15 is 0 Å². The first-order valence-corrected chi connectivity index (χ1v) is 10.3. The van der Waals surface area contributed by atoms with Crippen molar-refractivity contribution < 1.29 is 19.1 Å². The maximum absolute atomic E-state index is 12.7. The van der Waals surface area contributed by atoms with E-state index < -0.39 is 0 Å². The van der Waals surface area contributed by atoms with E-state index in [4.69, 9.17) is 9.47 Å². The minimum Gasteiger partial charge on any atom is -0.486 e. The molecule has 2 N–H and O–H groups in total. The van der Waals surface area contributed by atoms with Gasteiger partial charge in [-0.05, 0) is 36.4 Å². The number of anilines is 1. The van der Waals surface area contributed by atoms with Gasteiger partial charge in [-0.3, -0.25) is 4.79 Å². The molecule has 28 heavy (non-hydrogen) atoms. The normalized spacial score (nSPS) is 18.4. The quantitative estimate of drug-likeness (QED) is 0.825. The lowest BCUT2D eigenvalue weighted by Crippen LogP contribution is -2.47. The molecule has 0 bridgehead atoms. The molecule has 0 spiro atoms. The Balaban J connectivity index is 1.32. The zero-order valence-electron chi connectivity index (χ0n) is 15.5. The van der Waals surface area contributed by atoms with E-state index in [0.29, 0.717) is 50.0 Å².